The predicted octanol–water partition coefficient (Wildman–Crippen LogP) is 3.28. The van der Waals surface area contributed by atoms with E-state index in [4.69, 9.17) is 0 Å². The van der Waals surface area contributed by atoms with E-state index in [-0.39, 0.29) is 0 Å². The number of nitrogens with one attached hydrogen (secondary N) is 2. The standard InChI is InChI=1S/C13H18N4S/c1-3-5-14-12-7-11(4-6-15-12)16-8-13-17-10(2)9-18-13/h4,6-7,9H,3,5,8H2,1-2H3,(H2,14,15,16). The number of hydrogen-bond acceptors (Lipinski definition) is 5. The molecule has 0 radical (unpaired) electrons. The minimum atomic E-state index is 0.760. The highest BCUT2D eigenvalue weighted by Gasteiger charge is 2.00. The Morgan fingerprint density at radius 1 is 1.33 bits per heavy atom. The predicted molar refractivity (Wildman–Crippen MR) is 77.2 cm³/mol. The zero-order chi connectivity index (χ0) is 12.8. The summed E-state index contributed by atoms with van der Waals surface area (Å²) in [4.78, 5) is 8.69. The Bertz CT molecular complexity index is 495. The van der Waals surface area contributed by atoms with E-state index in [9.17, 15) is 0 Å². The van der Waals surface area contributed by atoms with Crippen molar-refractivity contribution in [3.05, 3.63) is 34.4 Å². The fourth-order valence-electron chi connectivity index (χ4n) is 1.55. The van der Waals surface area contributed by atoms with Gasteiger partial charge in [0, 0.05) is 35.6 Å². The summed E-state index contributed by atoms with van der Waals surface area (Å²) in [7, 11) is 0. The molecule has 4 nitrogen and oxygen atoms in total. The quantitative estimate of drug-likeness (QED) is 0.839. The molecule has 2 N–H and O–H groups in total. The summed E-state index contributed by atoms with van der Waals surface area (Å²) >= 11 is 1.68. The van der Waals surface area contributed by atoms with Gasteiger partial charge in [-0.1, -0.05) is 6.92 Å². The van der Waals surface area contributed by atoms with Crippen molar-refractivity contribution in [3.63, 3.8) is 0 Å². The summed E-state index contributed by atoms with van der Waals surface area (Å²) in [6.07, 6.45) is 2.91. The summed E-state index contributed by atoms with van der Waals surface area (Å²) in [5.41, 5.74) is 2.15. The molecule has 18 heavy (non-hydrogen) atoms. The van der Waals surface area contributed by atoms with Gasteiger partial charge in [0.2, 0.25) is 0 Å². The Labute approximate surface area is 111 Å². The van der Waals surface area contributed by atoms with Gasteiger partial charge in [-0.2, -0.15) is 0 Å². The van der Waals surface area contributed by atoms with Crippen LogP contribution < -0.4 is 10.6 Å². The molecule has 0 saturated carbocycles. The van der Waals surface area contributed by atoms with Gasteiger partial charge in [-0.15, -0.1) is 11.3 Å². The summed E-state index contributed by atoms with van der Waals surface area (Å²) in [5.74, 6) is 0.914. The molecule has 0 aliphatic heterocycles. The number of aryl methyl sites for hydroxylation is 1. The molecular weight excluding hydrogens is 244 g/mol. The third-order valence-electron chi connectivity index (χ3n) is 2.43. The summed E-state index contributed by atoms with van der Waals surface area (Å²) in [6.45, 7) is 5.86. The summed E-state index contributed by atoms with van der Waals surface area (Å²) in [5, 5.41) is 9.80. The van der Waals surface area contributed by atoms with Crippen molar-refractivity contribution in [3.8, 4) is 0 Å². The maximum atomic E-state index is 4.42. The normalized spacial score (nSPS) is 10.3. The Morgan fingerprint density at radius 2 is 2.22 bits per heavy atom. The molecule has 0 bridgehead atoms. The van der Waals surface area contributed by atoms with Gasteiger partial charge in [0.1, 0.15) is 10.8 Å². The first-order valence-corrected chi connectivity index (χ1v) is 7.00. The Morgan fingerprint density at radius 3 is 2.94 bits per heavy atom. The second kappa shape index (κ2) is 6.35. The smallest absolute Gasteiger partial charge is 0.127 e. The molecule has 96 valence electrons. The minimum absolute atomic E-state index is 0.760. The number of nitrogens with zero attached hydrogens (tertiary/aromatic N) is 2. The zero-order valence-corrected chi connectivity index (χ0v) is 11.5. The monoisotopic (exact) mass is 262 g/mol. The number of pyridine rings is 1. The van der Waals surface area contributed by atoms with E-state index in [0.717, 1.165) is 41.7 Å². The van der Waals surface area contributed by atoms with Crippen LogP contribution in [-0.2, 0) is 6.54 Å². The Hall–Kier alpha value is -1.62. The van der Waals surface area contributed by atoms with E-state index in [1.54, 1.807) is 11.3 Å². The minimum Gasteiger partial charge on any atom is -0.378 e. The molecule has 5 heteroatoms. The number of hydrogen-bond donors (Lipinski definition) is 2. The molecule has 0 aromatic carbocycles. The van der Waals surface area contributed by atoms with Gasteiger partial charge in [0.25, 0.3) is 0 Å². The van der Waals surface area contributed by atoms with Crippen molar-refractivity contribution in [1.82, 2.24) is 9.97 Å². The second-order valence-electron chi connectivity index (χ2n) is 4.09. The fourth-order valence-corrected chi connectivity index (χ4v) is 2.26. The lowest BCUT2D eigenvalue weighted by atomic mass is 10.3. The van der Waals surface area contributed by atoms with Gasteiger partial charge in [0.15, 0.2) is 0 Å². The molecule has 2 heterocycles. The highest BCUT2D eigenvalue weighted by Crippen LogP contribution is 2.15. The largest absolute Gasteiger partial charge is 0.378 e. The lowest BCUT2D eigenvalue weighted by Gasteiger charge is -2.07. The molecule has 0 spiro atoms. The van der Waals surface area contributed by atoms with Gasteiger partial charge in [0.05, 0.1) is 6.54 Å². The van der Waals surface area contributed by atoms with E-state index in [1.807, 2.05) is 25.3 Å². The van der Waals surface area contributed by atoms with Crippen LogP contribution >= 0.6 is 11.3 Å². The van der Waals surface area contributed by atoms with Crippen LogP contribution in [0.4, 0.5) is 11.5 Å². The highest BCUT2D eigenvalue weighted by molar-refractivity contribution is 7.09. The van der Waals surface area contributed by atoms with Crippen LogP contribution in [0.15, 0.2) is 23.7 Å². The molecule has 0 fully saturated rings. The first-order chi connectivity index (χ1) is 8.78. The molecule has 2 rings (SSSR count). The van der Waals surface area contributed by atoms with E-state index >= 15 is 0 Å². The average molecular weight is 262 g/mol. The van der Waals surface area contributed by atoms with Gasteiger partial charge >= 0.3 is 0 Å². The lowest BCUT2D eigenvalue weighted by molar-refractivity contribution is 0.969. The molecule has 2 aromatic heterocycles. The van der Waals surface area contributed by atoms with E-state index in [1.165, 1.54) is 0 Å². The summed E-state index contributed by atoms with van der Waals surface area (Å²) < 4.78 is 0. The van der Waals surface area contributed by atoms with Crippen molar-refractivity contribution in [2.75, 3.05) is 17.2 Å². The molecular formula is C13H18N4S. The maximum Gasteiger partial charge on any atom is 0.127 e. The van der Waals surface area contributed by atoms with Crippen LogP contribution in [0.5, 0.6) is 0 Å². The fraction of sp³-hybridized carbons (Fsp3) is 0.385. The third-order valence-corrected chi connectivity index (χ3v) is 3.39. The number of thiazole rings is 1. The van der Waals surface area contributed by atoms with Gasteiger partial charge in [-0.3, -0.25) is 0 Å². The van der Waals surface area contributed by atoms with Crippen LogP contribution in [-0.4, -0.2) is 16.5 Å². The van der Waals surface area contributed by atoms with Gasteiger partial charge in [-0.25, -0.2) is 9.97 Å². The molecule has 2 aromatic rings. The topological polar surface area (TPSA) is 49.8 Å². The Kier molecular flexibility index (Phi) is 4.52. The first kappa shape index (κ1) is 12.8. The molecule has 0 aliphatic carbocycles. The molecule has 0 unspecified atom stereocenters. The van der Waals surface area contributed by atoms with Gasteiger partial charge < -0.3 is 10.6 Å². The maximum absolute atomic E-state index is 4.42. The SMILES string of the molecule is CCCNc1cc(NCc2nc(C)cs2)ccn1. The van der Waals surface area contributed by atoms with Crippen LogP contribution in [0.25, 0.3) is 0 Å². The van der Waals surface area contributed by atoms with Crippen molar-refractivity contribution in [2.24, 2.45) is 0 Å². The van der Waals surface area contributed by atoms with Crippen molar-refractivity contribution < 1.29 is 0 Å². The number of anilines is 2. The molecule has 0 saturated heterocycles. The first-order valence-electron chi connectivity index (χ1n) is 6.12. The third kappa shape index (κ3) is 3.70. The van der Waals surface area contributed by atoms with Gasteiger partial charge in [-0.05, 0) is 19.4 Å². The molecule has 0 aliphatic rings. The number of aromatic nitrogens is 2. The second-order valence-corrected chi connectivity index (χ2v) is 5.04. The van der Waals surface area contributed by atoms with Crippen molar-refractivity contribution in [1.29, 1.82) is 0 Å². The van der Waals surface area contributed by atoms with Crippen LogP contribution in [0.1, 0.15) is 24.0 Å². The van der Waals surface area contributed by atoms with Crippen molar-refractivity contribution in [2.45, 2.75) is 26.8 Å². The molecule has 0 amide bonds. The average Bonchev–Trinajstić information content (AvgIpc) is 2.80. The van der Waals surface area contributed by atoms with Crippen LogP contribution in [0.2, 0.25) is 0 Å². The lowest BCUT2D eigenvalue weighted by Crippen LogP contribution is -2.04. The zero-order valence-electron chi connectivity index (χ0n) is 10.7. The number of rotatable bonds is 6. The van der Waals surface area contributed by atoms with E-state index in [0.29, 0.717) is 0 Å². The summed E-state index contributed by atoms with van der Waals surface area (Å²) in [6, 6.07) is 3.99. The van der Waals surface area contributed by atoms with Crippen LogP contribution in [0, 0.1) is 6.92 Å². The van der Waals surface area contributed by atoms with Crippen LogP contribution in [0.3, 0.4) is 0 Å². The van der Waals surface area contributed by atoms with Crippen molar-refractivity contribution >= 4 is 22.8 Å². The van der Waals surface area contributed by atoms with E-state index in [2.05, 4.69) is 32.9 Å². The van der Waals surface area contributed by atoms with E-state index < -0.39 is 0 Å². The molecule has 0 atom stereocenters. The Balaban J connectivity index is 1.92. The highest BCUT2D eigenvalue weighted by atomic mass is 32.1.